The van der Waals surface area contributed by atoms with Gasteiger partial charge in [0.2, 0.25) is 0 Å². The van der Waals surface area contributed by atoms with Gasteiger partial charge in [-0.15, -0.1) is 0 Å². The van der Waals surface area contributed by atoms with Crippen molar-refractivity contribution in [1.82, 2.24) is 0 Å². The zero-order valence-electron chi connectivity index (χ0n) is 10.8. The highest BCUT2D eigenvalue weighted by atomic mass is 32.1. The van der Waals surface area contributed by atoms with Crippen molar-refractivity contribution in [3.05, 3.63) is 58.9 Å². The average molecular weight is 274 g/mol. The molecule has 0 aliphatic rings. The van der Waals surface area contributed by atoms with E-state index in [1.807, 2.05) is 32.0 Å². The monoisotopic (exact) mass is 274 g/mol. The number of anilines is 2. The average Bonchev–Trinajstić information content (AvgIpc) is 2.36. The van der Waals surface area contributed by atoms with Crippen LogP contribution in [-0.4, -0.2) is 4.99 Å². The molecule has 3 N–H and O–H groups in total. The second-order valence-corrected chi connectivity index (χ2v) is 4.94. The number of thiocarbonyl (C=S) groups is 1. The number of aryl methyl sites for hydroxylation is 2. The van der Waals surface area contributed by atoms with E-state index in [1.165, 1.54) is 6.07 Å². The summed E-state index contributed by atoms with van der Waals surface area (Å²) in [6.07, 6.45) is 0. The summed E-state index contributed by atoms with van der Waals surface area (Å²) in [6, 6.07) is 10.5. The first-order chi connectivity index (χ1) is 8.97. The SMILES string of the molecule is Cc1ccc(F)c(Nc2ccc(C(N)=S)cc2C)c1. The molecule has 0 bridgehead atoms. The molecule has 0 saturated carbocycles. The summed E-state index contributed by atoms with van der Waals surface area (Å²) in [5.74, 6) is -0.275. The summed E-state index contributed by atoms with van der Waals surface area (Å²) in [6.45, 7) is 3.85. The minimum absolute atomic E-state index is 0.275. The lowest BCUT2D eigenvalue weighted by atomic mass is 10.1. The van der Waals surface area contributed by atoms with E-state index >= 15 is 0 Å². The van der Waals surface area contributed by atoms with Crippen LogP contribution >= 0.6 is 12.2 Å². The molecule has 2 aromatic rings. The van der Waals surface area contributed by atoms with Crippen LogP contribution in [-0.2, 0) is 0 Å². The predicted octanol–water partition coefficient (Wildman–Crippen LogP) is 3.82. The molecule has 0 atom stereocenters. The summed E-state index contributed by atoms with van der Waals surface area (Å²) < 4.78 is 13.7. The number of rotatable bonds is 3. The Morgan fingerprint density at radius 2 is 1.84 bits per heavy atom. The first kappa shape index (κ1) is 13.5. The third kappa shape index (κ3) is 3.09. The molecular formula is C15H15FN2S. The lowest BCUT2D eigenvalue weighted by Gasteiger charge is -2.12. The van der Waals surface area contributed by atoms with E-state index in [0.717, 1.165) is 22.4 Å². The molecule has 0 aliphatic heterocycles. The molecule has 0 aliphatic carbocycles. The second-order valence-electron chi connectivity index (χ2n) is 4.50. The zero-order chi connectivity index (χ0) is 14.0. The van der Waals surface area contributed by atoms with Crippen molar-refractivity contribution < 1.29 is 4.39 Å². The van der Waals surface area contributed by atoms with Crippen molar-refractivity contribution >= 4 is 28.6 Å². The van der Waals surface area contributed by atoms with Crippen LogP contribution in [0.4, 0.5) is 15.8 Å². The van der Waals surface area contributed by atoms with Crippen molar-refractivity contribution in [3.8, 4) is 0 Å². The van der Waals surface area contributed by atoms with E-state index in [-0.39, 0.29) is 5.82 Å². The van der Waals surface area contributed by atoms with Gasteiger partial charge in [-0.25, -0.2) is 4.39 Å². The van der Waals surface area contributed by atoms with Gasteiger partial charge in [-0.05, 0) is 55.3 Å². The van der Waals surface area contributed by atoms with Gasteiger partial charge in [-0.2, -0.15) is 0 Å². The maximum absolute atomic E-state index is 13.7. The van der Waals surface area contributed by atoms with Crippen molar-refractivity contribution in [1.29, 1.82) is 0 Å². The molecule has 2 rings (SSSR count). The van der Waals surface area contributed by atoms with Gasteiger partial charge in [-0.1, -0.05) is 18.3 Å². The van der Waals surface area contributed by atoms with Gasteiger partial charge >= 0.3 is 0 Å². The van der Waals surface area contributed by atoms with Crippen molar-refractivity contribution in [2.45, 2.75) is 13.8 Å². The Bertz CT molecular complexity index is 638. The first-order valence-corrected chi connectivity index (χ1v) is 6.32. The standard InChI is InChI=1S/C15H15FN2S/c1-9-3-5-12(16)14(7-9)18-13-6-4-11(15(17)19)8-10(13)2/h3-8,18H,1-2H3,(H2,17,19). The molecule has 0 saturated heterocycles. The molecule has 0 fully saturated rings. The van der Waals surface area contributed by atoms with Crippen LogP contribution in [0.25, 0.3) is 0 Å². The Morgan fingerprint density at radius 3 is 2.47 bits per heavy atom. The summed E-state index contributed by atoms with van der Waals surface area (Å²) >= 11 is 4.93. The van der Waals surface area contributed by atoms with Gasteiger partial charge in [0.25, 0.3) is 0 Å². The number of hydrogen-bond acceptors (Lipinski definition) is 2. The third-order valence-electron chi connectivity index (χ3n) is 2.90. The molecule has 4 heteroatoms. The molecule has 0 aromatic heterocycles. The molecule has 0 spiro atoms. The largest absolute Gasteiger partial charge is 0.389 e. The van der Waals surface area contributed by atoms with E-state index in [9.17, 15) is 4.39 Å². The summed E-state index contributed by atoms with van der Waals surface area (Å²) in [4.78, 5) is 0.358. The molecule has 2 nitrogen and oxygen atoms in total. The molecule has 0 unspecified atom stereocenters. The topological polar surface area (TPSA) is 38.0 Å². The van der Waals surface area contributed by atoms with E-state index < -0.39 is 0 Å². The Hall–Kier alpha value is -1.94. The Balaban J connectivity index is 2.33. The van der Waals surface area contributed by atoms with Crippen LogP contribution < -0.4 is 11.1 Å². The first-order valence-electron chi connectivity index (χ1n) is 5.91. The lowest BCUT2D eigenvalue weighted by molar-refractivity contribution is 0.631. The molecule has 98 valence electrons. The minimum Gasteiger partial charge on any atom is -0.389 e. The molecule has 2 aromatic carbocycles. The van der Waals surface area contributed by atoms with Gasteiger partial charge < -0.3 is 11.1 Å². The number of halogens is 1. The summed E-state index contributed by atoms with van der Waals surface area (Å²) in [5, 5.41) is 3.09. The Morgan fingerprint density at radius 1 is 1.11 bits per heavy atom. The quantitative estimate of drug-likeness (QED) is 0.836. The second kappa shape index (κ2) is 5.36. The van der Waals surface area contributed by atoms with Crippen molar-refractivity contribution in [2.24, 2.45) is 5.73 Å². The maximum Gasteiger partial charge on any atom is 0.146 e. The van der Waals surface area contributed by atoms with Crippen LogP contribution in [0.5, 0.6) is 0 Å². The highest BCUT2D eigenvalue weighted by Crippen LogP contribution is 2.24. The molecule has 0 radical (unpaired) electrons. The van der Waals surface area contributed by atoms with Gasteiger partial charge in [-0.3, -0.25) is 0 Å². The Labute approximate surface area is 117 Å². The molecular weight excluding hydrogens is 259 g/mol. The number of nitrogens with one attached hydrogen (secondary N) is 1. The van der Waals surface area contributed by atoms with E-state index in [4.69, 9.17) is 18.0 Å². The minimum atomic E-state index is -0.275. The van der Waals surface area contributed by atoms with E-state index in [1.54, 1.807) is 12.1 Å². The van der Waals surface area contributed by atoms with E-state index in [0.29, 0.717) is 10.7 Å². The van der Waals surface area contributed by atoms with Crippen LogP contribution in [0.1, 0.15) is 16.7 Å². The highest BCUT2D eigenvalue weighted by Gasteiger charge is 2.06. The Kier molecular flexibility index (Phi) is 3.81. The molecule has 19 heavy (non-hydrogen) atoms. The molecule has 0 heterocycles. The zero-order valence-corrected chi connectivity index (χ0v) is 11.6. The third-order valence-corrected chi connectivity index (χ3v) is 3.14. The highest BCUT2D eigenvalue weighted by molar-refractivity contribution is 7.80. The van der Waals surface area contributed by atoms with Crippen molar-refractivity contribution in [3.63, 3.8) is 0 Å². The van der Waals surface area contributed by atoms with Gasteiger partial charge in [0.1, 0.15) is 10.8 Å². The molecule has 0 amide bonds. The lowest BCUT2D eigenvalue weighted by Crippen LogP contribution is -2.09. The number of hydrogen-bond donors (Lipinski definition) is 2. The van der Waals surface area contributed by atoms with Gasteiger partial charge in [0.05, 0.1) is 5.69 Å². The smallest absolute Gasteiger partial charge is 0.146 e. The fraction of sp³-hybridized carbons (Fsp3) is 0.133. The predicted molar refractivity (Wildman–Crippen MR) is 81.5 cm³/mol. The van der Waals surface area contributed by atoms with Crippen LogP contribution in [0.3, 0.4) is 0 Å². The van der Waals surface area contributed by atoms with Crippen molar-refractivity contribution in [2.75, 3.05) is 5.32 Å². The normalized spacial score (nSPS) is 10.3. The van der Waals surface area contributed by atoms with Crippen LogP contribution in [0.15, 0.2) is 36.4 Å². The number of benzene rings is 2. The summed E-state index contributed by atoms with van der Waals surface area (Å²) in [7, 11) is 0. The van der Waals surface area contributed by atoms with Gasteiger partial charge in [0, 0.05) is 11.3 Å². The fourth-order valence-electron chi connectivity index (χ4n) is 1.84. The van der Waals surface area contributed by atoms with Gasteiger partial charge in [0.15, 0.2) is 0 Å². The van der Waals surface area contributed by atoms with E-state index in [2.05, 4.69) is 5.32 Å². The maximum atomic E-state index is 13.7. The number of nitrogens with two attached hydrogens (primary N) is 1. The van der Waals surface area contributed by atoms with Crippen LogP contribution in [0, 0.1) is 19.7 Å². The fourth-order valence-corrected chi connectivity index (χ4v) is 1.96. The van der Waals surface area contributed by atoms with Crippen LogP contribution in [0.2, 0.25) is 0 Å². The summed E-state index contributed by atoms with van der Waals surface area (Å²) in [5.41, 5.74) is 9.66.